The van der Waals surface area contributed by atoms with E-state index in [1.807, 2.05) is 66.3 Å². The fraction of sp³-hybridized carbons (Fsp3) is 0.133. The number of benzene rings is 3. The zero-order valence-corrected chi connectivity index (χ0v) is 22.4. The van der Waals surface area contributed by atoms with Gasteiger partial charge in [0.1, 0.15) is 17.4 Å². The number of pyridine rings is 1. The average molecular weight is 575 g/mol. The van der Waals surface area contributed by atoms with E-state index in [1.54, 1.807) is 12.5 Å². The van der Waals surface area contributed by atoms with Crippen molar-refractivity contribution in [1.29, 1.82) is 0 Å². The number of aromatic nitrogens is 4. The van der Waals surface area contributed by atoms with E-state index in [0.717, 1.165) is 49.9 Å². The van der Waals surface area contributed by atoms with Crippen molar-refractivity contribution in [3.8, 4) is 11.4 Å². The lowest BCUT2D eigenvalue weighted by Gasteiger charge is -2.20. The van der Waals surface area contributed by atoms with E-state index in [1.165, 1.54) is 0 Å². The van der Waals surface area contributed by atoms with E-state index in [-0.39, 0.29) is 6.04 Å². The summed E-state index contributed by atoms with van der Waals surface area (Å²) in [4.78, 5) is 18.0. The summed E-state index contributed by atoms with van der Waals surface area (Å²) < 4.78 is 39.3. The van der Waals surface area contributed by atoms with Gasteiger partial charge in [-0.25, -0.2) is 14.8 Å². The minimum Gasteiger partial charge on any atom is -0.475 e. The number of halogens is 3. The van der Waals surface area contributed by atoms with Gasteiger partial charge in [0.25, 0.3) is 0 Å². The molecule has 0 radical (unpaired) electrons. The van der Waals surface area contributed by atoms with E-state index in [9.17, 15) is 13.2 Å². The van der Waals surface area contributed by atoms with E-state index in [4.69, 9.17) is 30.1 Å². The fourth-order valence-corrected chi connectivity index (χ4v) is 4.47. The largest absolute Gasteiger partial charge is 0.490 e. The molecule has 1 atom stereocenters. The average Bonchev–Trinajstić information content (AvgIpc) is 3.54. The van der Waals surface area contributed by atoms with Crippen LogP contribution < -0.4 is 11.1 Å². The van der Waals surface area contributed by atoms with Crippen LogP contribution in [0, 0.1) is 6.92 Å². The smallest absolute Gasteiger partial charge is 0.475 e. The lowest BCUT2D eigenvalue weighted by atomic mass is 10.0. The molecule has 1 unspecified atom stereocenters. The molecule has 6 rings (SSSR count). The van der Waals surface area contributed by atoms with Gasteiger partial charge < -0.3 is 20.6 Å². The van der Waals surface area contributed by atoms with Crippen molar-refractivity contribution >= 4 is 39.2 Å². The molecule has 0 saturated heterocycles. The Balaban J connectivity index is 0.000000451. The zero-order valence-electron chi connectivity index (χ0n) is 22.4. The van der Waals surface area contributed by atoms with Crippen molar-refractivity contribution < 1.29 is 27.5 Å². The summed E-state index contributed by atoms with van der Waals surface area (Å²) >= 11 is 0. The van der Waals surface area contributed by atoms with Crippen LogP contribution in [-0.2, 0) is 11.8 Å². The molecule has 0 spiro atoms. The number of nitrogens with one attached hydrogen (secondary N) is 1. The quantitative estimate of drug-likeness (QED) is 0.213. The highest BCUT2D eigenvalue weighted by atomic mass is 19.4. The molecule has 42 heavy (non-hydrogen) atoms. The summed E-state index contributed by atoms with van der Waals surface area (Å²) in [5, 5.41) is 18.6. The molecule has 214 valence electrons. The van der Waals surface area contributed by atoms with Crippen LogP contribution in [0.4, 0.5) is 24.7 Å². The number of hydrogen-bond donors (Lipinski definition) is 3. The number of nitrogens with zero attached hydrogens (tertiary/aromatic N) is 4. The standard InChI is InChI=1S/C28H24N6O.C2HF3O2/c1-17-16-35-24-11-8-20(15-23(17)24)25(28-32-27(33-34(28)2)18-6-4-3-5-7-18)31-21-9-10-22-19(14-21)12-13-30-26(22)29;3-2(4,5)1(6)7/h3-16,25,31H,1-2H3,(H2,29,30);(H,6,7). The number of anilines is 2. The summed E-state index contributed by atoms with van der Waals surface area (Å²) in [6.45, 7) is 2.05. The first-order chi connectivity index (χ1) is 20.0. The van der Waals surface area contributed by atoms with Gasteiger partial charge in [-0.1, -0.05) is 36.4 Å². The summed E-state index contributed by atoms with van der Waals surface area (Å²) in [6.07, 6.45) is -1.57. The predicted octanol–water partition coefficient (Wildman–Crippen LogP) is 6.50. The summed E-state index contributed by atoms with van der Waals surface area (Å²) in [6, 6.07) is 24.0. The maximum atomic E-state index is 10.6. The van der Waals surface area contributed by atoms with Crippen LogP contribution >= 0.6 is 0 Å². The van der Waals surface area contributed by atoms with E-state index >= 15 is 0 Å². The molecule has 0 saturated carbocycles. The van der Waals surface area contributed by atoms with Crippen LogP contribution in [0.15, 0.2) is 89.7 Å². The predicted molar refractivity (Wildman–Crippen MR) is 153 cm³/mol. The zero-order chi connectivity index (χ0) is 30.0. The molecule has 12 heteroatoms. The lowest BCUT2D eigenvalue weighted by molar-refractivity contribution is -0.192. The number of nitrogen functional groups attached to an aromatic ring is 1. The number of fused-ring (bicyclic) bond motifs is 2. The summed E-state index contributed by atoms with van der Waals surface area (Å²) in [5.74, 6) is -0.744. The normalized spacial score (nSPS) is 12.1. The van der Waals surface area contributed by atoms with Crippen LogP contribution in [-0.4, -0.2) is 37.0 Å². The van der Waals surface area contributed by atoms with Gasteiger partial charge in [-0.3, -0.25) is 4.68 Å². The van der Waals surface area contributed by atoms with Crippen molar-refractivity contribution in [2.45, 2.75) is 19.1 Å². The lowest BCUT2D eigenvalue weighted by Crippen LogP contribution is -2.21. The van der Waals surface area contributed by atoms with E-state index < -0.39 is 12.1 Å². The molecule has 4 N–H and O–H groups in total. The van der Waals surface area contributed by atoms with E-state index in [0.29, 0.717) is 11.6 Å². The van der Waals surface area contributed by atoms with Crippen molar-refractivity contribution in [2.75, 3.05) is 11.1 Å². The Bertz CT molecular complexity index is 1880. The number of carboxylic acids is 1. The van der Waals surface area contributed by atoms with Crippen LogP contribution in [0.25, 0.3) is 33.1 Å². The summed E-state index contributed by atoms with van der Waals surface area (Å²) in [5.41, 5.74) is 11.0. The molecule has 0 aliphatic carbocycles. The number of carboxylic acid groups (broad SMARTS) is 1. The van der Waals surface area contributed by atoms with Crippen molar-refractivity contribution in [2.24, 2.45) is 7.05 Å². The second-order valence-electron chi connectivity index (χ2n) is 9.47. The topological polar surface area (TPSA) is 132 Å². The highest BCUT2D eigenvalue weighted by Crippen LogP contribution is 2.32. The van der Waals surface area contributed by atoms with Crippen molar-refractivity contribution in [3.05, 3.63) is 102 Å². The van der Waals surface area contributed by atoms with Crippen LogP contribution in [0.3, 0.4) is 0 Å². The molecule has 9 nitrogen and oxygen atoms in total. The van der Waals surface area contributed by atoms with Crippen LogP contribution in [0.5, 0.6) is 0 Å². The van der Waals surface area contributed by atoms with Gasteiger partial charge in [0.15, 0.2) is 11.6 Å². The monoisotopic (exact) mass is 574 g/mol. The van der Waals surface area contributed by atoms with Gasteiger partial charge in [0.2, 0.25) is 0 Å². The fourth-order valence-electron chi connectivity index (χ4n) is 4.47. The third-order valence-electron chi connectivity index (χ3n) is 6.56. The third-order valence-corrected chi connectivity index (χ3v) is 6.56. The number of hydrogen-bond acceptors (Lipinski definition) is 7. The minimum absolute atomic E-state index is 0.250. The highest BCUT2D eigenvalue weighted by molar-refractivity contribution is 5.93. The van der Waals surface area contributed by atoms with Crippen LogP contribution in [0.2, 0.25) is 0 Å². The maximum absolute atomic E-state index is 10.6. The van der Waals surface area contributed by atoms with Gasteiger partial charge >= 0.3 is 12.1 Å². The van der Waals surface area contributed by atoms with Crippen molar-refractivity contribution in [3.63, 3.8) is 0 Å². The number of furan rings is 1. The van der Waals surface area contributed by atoms with Crippen molar-refractivity contribution in [1.82, 2.24) is 19.7 Å². The molecule has 0 amide bonds. The first kappa shape index (κ1) is 28.1. The molecule has 0 aliphatic heterocycles. The molecule has 3 aromatic carbocycles. The summed E-state index contributed by atoms with van der Waals surface area (Å²) in [7, 11) is 1.93. The highest BCUT2D eigenvalue weighted by Gasteiger charge is 2.38. The Morgan fingerprint density at radius 3 is 2.50 bits per heavy atom. The number of carbonyl (C=O) groups is 1. The second-order valence-corrected chi connectivity index (χ2v) is 9.47. The van der Waals surface area contributed by atoms with Gasteiger partial charge in [-0.2, -0.15) is 18.3 Å². The molecular formula is C30H25F3N6O3. The number of aryl methyl sites for hydroxylation is 2. The van der Waals surface area contributed by atoms with Gasteiger partial charge in [-0.15, -0.1) is 0 Å². The first-order valence-corrected chi connectivity index (χ1v) is 12.7. The maximum Gasteiger partial charge on any atom is 0.490 e. The number of rotatable bonds is 5. The number of aliphatic carboxylic acids is 1. The SMILES string of the molecule is Cc1coc2ccc(C(Nc3ccc4c(N)nccc4c3)c3nc(-c4ccccc4)nn3C)cc12.O=C(O)C(F)(F)F. The second kappa shape index (κ2) is 11.2. The van der Waals surface area contributed by atoms with E-state index in [2.05, 4.69) is 35.4 Å². The number of alkyl halides is 3. The Kier molecular flexibility index (Phi) is 7.53. The Labute approximate surface area is 237 Å². The Morgan fingerprint density at radius 2 is 1.79 bits per heavy atom. The minimum atomic E-state index is -5.08. The molecule has 6 aromatic rings. The van der Waals surface area contributed by atoms with Gasteiger partial charge in [-0.05, 0) is 59.8 Å². The van der Waals surface area contributed by atoms with Crippen LogP contribution in [0.1, 0.15) is 23.0 Å². The number of nitrogens with two attached hydrogens (primary N) is 1. The molecular weight excluding hydrogens is 549 g/mol. The Morgan fingerprint density at radius 1 is 1.05 bits per heavy atom. The molecule has 0 aliphatic rings. The Hall–Kier alpha value is -5.39. The third kappa shape index (κ3) is 5.87. The molecule has 3 aromatic heterocycles. The molecule has 0 fully saturated rings. The molecule has 3 heterocycles. The first-order valence-electron chi connectivity index (χ1n) is 12.7. The van der Waals surface area contributed by atoms with Gasteiger partial charge in [0, 0.05) is 35.3 Å². The molecule has 0 bridgehead atoms. The van der Waals surface area contributed by atoms with Gasteiger partial charge in [0.05, 0.1) is 6.26 Å².